The van der Waals surface area contributed by atoms with Crippen LogP contribution in [0.2, 0.25) is 0 Å². The SMILES string of the molecule is CCCCCCCCCc1c(O)c(O)c(C(=O)OI)c(CCCCCCCCC)c1CCCCCCCCC. The number of benzene rings is 1. The summed E-state index contributed by atoms with van der Waals surface area (Å²) in [6, 6.07) is 0. The van der Waals surface area contributed by atoms with Gasteiger partial charge in [0.05, 0.1) is 0 Å². The van der Waals surface area contributed by atoms with E-state index in [1.54, 1.807) is 23.0 Å². The first-order valence-corrected chi connectivity index (χ1v) is 17.3. The molecular formula is C34H59IO4. The molecule has 0 heterocycles. The maximum Gasteiger partial charge on any atom is 0.351 e. The van der Waals surface area contributed by atoms with Crippen LogP contribution in [0.4, 0.5) is 0 Å². The number of carbonyl (C=O) groups excluding carboxylic acids is 1. The van der Waals surface area contributed by atoms with Crippen molar-refractivity contribution >= 4 is 29.0 Å². The van der Waals surface area contributed by atoms with Crippen molar-refractivity contribution in [3.63, 3.8) is 0 Å². The molecule has 0 aliphatic carbocycles. The van der Waals surface area contributed by atoms with Crippen LogP contribution in [-0.4, -0.2) is 16.2 Å². The highest BCUT2D eigenvalue weighted by Crippen LogP contribution is 2.42. The molecule has 0 bridgehead atoms. The summed E-state index contributed by atoms with van der Waals surface area (Å²) < 4.78 is 5.07. The summed E-state index contributed by atoms with van der Waals surface area (Å²) in [6.07, 6.45) is 27.8. The Labute approximate surface area is 254 Å². The van der Waals surface area contributed by atoms with Crippen molar-refractivity contribution in [2.24, 2.45) is 0 Å². The lowest BCUT2D eigenvalue weighted by molar-refractivity contribution is 0.0795. The second-order valence-corrected chi connectivity index (χ2v) is 11.9. The number of aromatic hydroxyl groups is 2. The number of phenolic OH excluding ortho intramolecular Hbond substituents is 2. The fraction of sp³-hybridized carbons (Fsp3) is 0.794. The van der Waals surface area contributed by atoms with Crippen molar-refractivity contribution in [2.45, 2.75) is 175 Å². The van der Waals surface area contributed by atoms with Gasteiger partial charge in [-0.2, -0.15) is 0 Å². The molecule has 0 aliphatic heterocycles. The fourth-order valence-corrected chi connectivity index (χ4v) is 5.98. The highest BCUT2D eigenvalue weighted by molar-refractivity contribution is 14.1. The number of rotatable bonds is 25. The van der Waals surface area contributed by atoms with Crippen LogP contribution in [0.25, 0.3) is 0 Å². The van der Waals surface area contributed by atoms with E-state index >= 15 is 0 Å². The molecule has 0 unspecified atom stereocenters. The average Bonchev–Trinajstić information content (AvgIpc) is 2.94. The summed E-state index contributed by atoms with van der Waals surface area (Å²) >= 11 is 1.60. The van der Waals surface area contributed by atoms with Crippen LogP contribution in [0.1, 0.15) is 183 Å². The molecule has 0 saturated heterocycles. The monoisotopic (exact) mass is 658 g/mol. The topological polar surface area (TPSA) is 66.8 Å². The number of hydrogen-bond acceptors (Lipinski definition) is 4. The second-order valence-electron chi connectivity index (χ2n) is 11.5. The summed E-state index contributed by atoms with van der Waals surface area (Å²) in [7, 11) is 0. The van der Waals surface area contributed by atoms with Crippen molar-refractivity contribution < 1.29 is 18.1 Å². The lowest BCUT2D eigenvalue weighted by atomic mass is 9.85. The Hall–Kier alpha value is -0.980. The number of hydrogen-bond donors (Lipinski definition) is 2. The summed E-state index contributed by atoms with van der Waals surface area (Å²) in [5.74, 6) is -0.931. The molecule has 0 fully saturated rings. The van der Waals surface area contributed by atoms with Crippen LogP contribution >= 0.6 is 23.0 Å². The molecule has 226 valence electrons. The van der Waals surface area contributed by atoms with E-state index in [2.05, 4.69) is 20.8 Å². The summed E-state index contributed by atoms with van der Waals surface area (Å²) in [5, 5.41) is 22.2. The molecule has 0 aliphatic rings. The van der Waals surface area contributed by atoms with Crippen LogP contribution in [0, 0.1) is 0 Å². The third-order valence-corrected chi connectivity index (χ3v) is 8.54. The zero-order chi connectivity index (χ0) is 28.7. The van der Waals surface area contributed by atoms with Crippen molar-refractivity contribution in [1.29, 1.82) is 0 Å². The standard InChI is InChI=1S/C34H59IO4/c1-4-7-10-13-16-19-22-25-28-29(26-23-20-17-14-11-8-5-2)31(34(38)39-35)33(37)32(36)30(28)27-24-21-18-15-12-9-6-3/h36-37H,4-27H2,1-3H3. The predicted molar refractivity (Wildman–Crippen MR) is 174 cm³/mol. The number of unbranched alkanes of at least 4 members (excludes halogenated alkanes) is 18. The summed E-state index contributed by atoms with van der Waals surface area (Å²) in [4.78, 5) is 12.8. The Kier molecular flexibility index (Phi) is 21.9. The highest BCUT2D eigenvalue weighted by atomic mass is 127. The van der Waals surface area contributed by atoms with Gasteiger partial charge in [0.1, 0.15) is 5.56 Å². The smallest absolute Gasteiger partial charge is 0.351 e. The van der Waals surface area contributed by atoms with Gasteiger partial charge in [-0.15, -0.1) is 0 Å². The molecule has 0 spiro atoms. The lowest BCUT2D eigenvalue weighted by Crippen LogP contribution is -2.11. The third-order valence-electron chi connectivity index (χ3n) is 8.14. The molecule has 0 amide bonds. The first kappa shape index (κ1) is 36.0. The summed E-state index contributed by atoms with van der Waals surface area (Å²) in [6.45, 7) is 6.72. The van der Waals surface area contributed by atoms with Gasteiger partial charge >= 0.3 is 5.97 Å². The molecule has 39 heavy (non-hydrogen) atoms. The van der Waals surface area contributed by atoms with Gasteiger partial charge in [0.15, 0.2) is 34.5 Å². The Bertz CT molecular complexity index is 777. The Morgan fingerprint density at radius 2 is 0.846 bits per heavy atom. The highest BCUT2D eigenvalue weighted by Gasteiger charge is 2.27. The van der Waals surface area contributed by atoms with Crippen LogP contribution in [0.15, 0.2) is 0 Å². The molecule has 4 nitrogen and oxygen atoms in total. The maximum absolute atomic E-state index is 12.8. The van der Waals surface area contributed by atoms with Gasteiger partial charge in [-0.25, -0.2) is 4.79 Å². The first-order valence-electron chi connectivity index (χ1n) is 16.4. The van der Waals surface area contributed by atoms with E-state index in [1.165, 1.54) is 96.3 Å². The van der Waals surface area contributed by atoms with E-state index in [4.69, 9.17) is 3.07 Å². The van der Waals surface area contributed by atoms with Crippen molar-refractivity contribution in [2.75, 3.05) is 0 Å². The van der Waals surface area contributed by atoms with Crippen LogP contribution < -0.4 is 0 Å². The molecule has 1 aromatic carbocycles. The van der Waals surface area contributed by atoms with E-state index in [1.807, 2.05) is 0 Å². The molecule has 0 atom stereocenters. The minimum atomic E-state index is -0.551. The van der Waals surface area contributed by atoms with Crippen molar-refractivity contribution in [3.8, 4) is 11.5 Å². The molecule has 2 N–H and O–H groups in total. The van der Waals surface area contributed by atoms with Gasteiger partial charge < -0.3 is 13.3 Å². The summed E-state index contributed by atoms with van der Waals surface area (Å²) in [5.41, 5.74) is 3.08. The molecule has 0 saturated carbocycles. The molecule has 5 heteroatoms. The lowest BCUT2D eigenvalue weighted by Gasteiger charge is -2.21. The van der Waals surface area contributed by atoms with E-state index in [0.717, 1.165) is 74.5 Å². The zero-order valence-electron chi connectivity index (χ0n) is 25.6. The molecule has 0 aromatic heterocycles. The molecule has 1 rings (SSSR count). The van der Waals surface area contributed by atoms with Gasteiger partial charge in [-0.3, -0.25) is 0 Å². The molecule has 0 radical (unpaired) electrons. The number of halogens is 1. The second kappa shape index (κ2) is 23.7. The first-order chi connectivity index (χ1) is 19.0. The number of phenols is 2. The van der Waals surface area contributed by atoms with Gasteiger partial charge in [0, 0.05) is 5.56 Å². The minimum absolute atomic E-state index is 0.0981. The van der Waals surface area contributed by atoms with Crippen LogP contribution in [-0.2, 0) is 22.3 Å². The molecule has 1 aromatic rings. The van der Waals surface area contributed by atoms with Crippen LogP contribution in [0.3, 0.4) is 0 Å². The van der Waals surface area contributed by atoms with Gasteiger partial charge in [-0.1, -0.05) is 136 Å². The Balaban J connectivity index is 3.09. The van der Waals surface area contributed by atoms with E-state index in [-0.39, 0.29) is 17.1 Å². The minimum Gasteiger partial charge on any atom is -0.504 e. The average molecular weight is 659 g/mol. The van der Waals surface area contributed by atoms with E-state index in [0.29, 0.717) is 0 Å². The van der Waals surface area contributed by atoms with Crippen LogP contribution in [0.5, 0.6) is 11.5 Å². The van der Waals surface area contributed by atoms with E-state index < -0.39 is 5.97 Å². The Morgan fingerprint density at radius 3 is 1.23 bits per heavy atom. The third kappa shape index (κ3) is 14.5. The van der Waals surface area contributed by atoms with E-state index in [9.17, 15) is 15.0 Å². The Morgan fingerprint density at radius 1 is 0.513 bits per heavy atom. The fourth-order valence-electron chi connectivity index (χ4n) is 5.76. The van der Waals surface area contributed by atoms with Gasteiger partial charge in [0.2, 0.25) is 0 Å². The normalized spacial score (nSPS) is 11.3. The maximum atomic E-state index is 12.8. The van der Waals surface area contributed by atoms with Gasteiger partial charge in [0.25, 0.3) is 0 Å². The largest absolute Gasteiger partial charge is 0.504 e. The zero-order valence-corrected chi connectivity index (χ0v) is 27.7. The quantitative estimate of drug-likeness (QED) is 0.0623. The van der Waals surface area contributed by atoms with Gasteiger partial charge in [-0.05, 0) is 49.7 Å². The predicted octanol–water partition coefficient (Wildman–Crippen LogP) is 11.5. The number of carbonyl (C=O) groups is 1. The van der Waals surface area contributed by atoms with Crippen molar-refractivity contribution in [3.05, 3.63) is 22.3 Å². The molecular weight excluding hydrogens is 599 g/mol. The van der Waals surface area contributed by atoms with Crippen molar-refractivity contribution in [1.82, 2.24) is 0 Å².